The Kier molecular flexibility index (Phi) is 7.76. The van der Waals surface area contributed by atoms with Crippen LogP contribution in [0.25, 0.3) is 5.57 Å². The highest BCUT2D eigenvalue weighted by Gasteiger charge is 2.37. The van der Waals surface area contributed by atoms with Crippen molar-refractivity contribution in [3.05, 3.63) is 83.2 Å². The lowest BCUT2D eigenvalue weighted by molar-refractivity contribution is -0.139. The maximum atomic E-state index is 14.1. The number of hydrogen-bond acceptors (Lipinski definition) is 7. The Morgan fingerprint density at radius 2 is 1.84 bits per heavy atom. The van der Waals surface area contributed by atoms with Gasteiger partial charge in [0.05, 0.1) is 29.1 Å². The van der Waals surface area contributed by atoms with Gasteiger partial charge in [-0.1, -0.05) is 68.2 Å². The van der Waals surface area contributed by atoms with Gasteiger partial charge in [-0.25, -0.2) is 9.79 Å². The SMILES string of the molecule is CCCCCCCN1C(=O)/C(=c2\sc3n(c2=O)[C@@H](c2cccs2)C(C(=O)OCC)=C(C)N=3)c2ccccc21. The Hall–Kier alpha value is -3.30. The van der Waals surface area contributed by atoms with Crippen molar-refractivity contribution in [3.63, 3.8) is 0 Å². The number of unbranched alkanes of at least 4 members (excludes halogenated alkanes) is 4. The molecule has 0 aliphatic carbocycles. The summed E-state index contributed by atoms with van der Waals surface area (Å²) in [5.41, 5.74) is 2.58. The number of allylic oxidation sites excluding steroid dienone is 1. The van der Waals surface area contributed by atoms with E-state index in [4.69, 9.17) is 4.74 Å². The summed E-state index contributed by atoms with van der Waals surface area (Å²) in [4.78, 5) is 48.7. The second kappa shape index (κ2) is 11.2. The highest BCUT2D eigenvalue weighted by molar-refractivity contribution is 7.10. The Bertz CT molecular complexity index is 1580. The Morgan fingerprint density at radius 3 is 2.58 bits per heavy atom. The second-order valence-corrected chi connectivity index (χ2v) is 11.4. The number of thiazole rings is 1. The van der Waals surface area contributed by atoms with Gasteiger partial charge in [0.1, 0.15) is 10.6 Å². The first-order chi connectivity index (χ1) is 18.5. The maximum absolute atomic E-state index is 14.1. The van der Waals surface area contributed by atoms with Gasteiger partial charge in [0, 0.05) is 17.0 Å². The molecular weight excluding hydrogens is 518 g/mol. The van der Waals surface area contributed by atoms with Crippen molar-refractivity contribution >= 4 is 45.8 Å². The summed E-state index contributed by atoms with van der Waals surface area (Å²) in [7, 11) is 0. The molecule has 9 heteroatoms. The van der Waals surface area contributed by atoms with Gasteiger partial charge in [0.15, 0.2) is 4.80 Å². The molecular formula is C29H31N3O4S2. The molecule has 2 aromatic heterocycles. The van der Waals surface area contributed by atoms with Crippen molar-refractivity contribution in [2.75, 3.05) is 18.1 Å². The van der Waals surface area contributed by atoms with E-state index in [0.717, 1.165) is 35.4 Å². The topological polar surface area (TPSA) is 81.0 Å². The minimum Gasteiger partial charge on any atom is -0.463 e. The van der Waals surface area contributed by atoms with Crippen molar-refractivity contribution in [2.45, 2.75) is 58.9 Å². The fourth-order valence-electron chi connectivity index (χ4n) is 5.15. The van der Waals surface area contributed by atoms with Crippen molar-refractivity contribution in [3.8, 4) is 0 Å². The predicted octanol–water partition coefficient (Wildman–Crippen LogP) is 4.55. The number of rotatable bonds is 9. The molecule has 2 aliphatic heterocycles. The predicted molar refractivity (Wildman–Crippen MR) is 151 cm³/mol. The first-order valence-electron chi connectivity index (χ1n) is 13.1. The van der Waals surface area contributed by atoms with Gasteiger partial charge in [-0.3, -0.25) is 14.2 Å². The zero-order chi connectivity index (χ0) is 26.8. The molecule has 5 rings (SSSR count). The summed E-state index contributed by atoms with van der Waals surface area (Å²) in [5.74, 6) is -0.636. The largest absolute Gasteiger partial charge is 0.463 e. The van der Waals surface area contributed by atoms with E-state index in [-0.39, 0.29) is 18.1 Å². The molecule has 0 N–H and O–H groups in total. The van der Waals surface area contributed by atoms with Crippen LogP contribution in [0.5, 0.6) is 0 Å². The molecule has 38 heavy (non-hydrogen) atoms. The van der Waals surface area contributed by atoms with Crippen LogP contribution >= 0.6 is 22.7 Å². The van der Waals surface area contributed by atoms with E-state index in [0.29, 0.717) is 32.7 Å². The number of ether oxygens (including phenoxy) is 1. The monoisotopic (exact) mass is 549 g/mol. The standard InChI is InChI=1S/C29H31N3O4S2/c1-4-6-7-8-11-16-31-20-14-10-9-13-19(20)23(26(31)33)25-27(34)32-24(21-15-12-17-37-21)22(28(35)36-5-2)18(3)30-29(32)38-25/h9-10,12-15,17,24H,4-8,11,16H2,1-3H3/b25-23-/t24-/m0/s1. The maximum Gasteiger partial charge on any atom is 0.338 e. The van der Waals surface area contributed by atoms with Crippen LogP contribution in [0.15, 0.2) is 62.8 Å². The minimum atomic E-state index is -0.652. The van der Waals surface area contributed by atoms with Crippen molar-refractivity contribution in [1.29, 1.82) is 0 Å². The zero-order valence-electron chi connectivity index (χ0n) is 21.9. The Morgan fingerprint density at radius 1 is 1.05 bits per heavy atom. The van der Waals surface area contributed by atoms with Crippen LogP contribution < -0.4 is 19.8 Å². The summed E-state index contributed by atoms with van der Waals surface area (Å²) >= 11 is 2.68. The minimum absolute atomic E-state index is 0.152. The summed E-state index contributed by atoms with van der Waals surface area (Å²) in [6.07, 6.45) is 5.48. The van der Waals surface area contributed by atoms with Gasteiger partial charge in [0.25, 0.3) is 11.5 Å². The number of carbonyl (C=O) groups is 2. The lowest BCUT2D eigenvalue weighted by Gasteiger charge is -2.23. The van der Waals surface area contributed by atoms with E-state index in [1.807, 2.05) is 41.8 Å². The van der Waals surface area contributed by atoms with Crippen molar-refractivity contribution < 1.29 is 14.3 Å². The van der Waals surface area contributed by atoms with E-state index in [1.165, 1.54) is 35.5 Å². The third-order valence-corrected chi connectivity index (χ3v) is 8.92. The summed E-state index contributed by atoms with van der Waals surface area (Å²) in [6.45, 7) is 6.54. The van der Waals surface area contributed by atoms with Gasteiger partial charge in [-0.2, -0.15) is 0 Å². The third-order valence-electron chi connectivity index (χ3n) is 6.94. The van der Waals surface area contributed by atoms with Crippen LogP contribution in [0.3, 0.4) is 0 Å². The van der Waals surface area contributed by atoms with Crippen LogP contribution in [-0.4, -0.2) is 29.6 Å². The van der Waals surface area contributed by atoms with Crippen molar-refractivity contribution in [1.82, 2.24) is 4.57 Å². The Balaban J connectivity index is 1.65. The number of anilines is 1. The number of para-hydroxylation sites is 1. The van der Waals surface area contributed by atoms with Crippen LogP contribution in [0.2, 0.25) is 0 Å². The number of nitrogens with zero attached hydrogens (tertiary/aromatic N) is 3. The van der Waals surface area contributed by atoms with Gasteiger partial charge >= 0.3 is 5.97 Å². The molecule has 1 amide bonds. The normalized spacial score (nSPS) is 17.9. The average Bonchev–Trinajstić information content (AvgIpc) is 3.61. The fourth-order valence-corrected chi connectivity index (χ4v) is 7.11. The molecule has 0 radical (unpaired) electrons. The number of benzene rings is 1. The summed E-state index contributed by atoms with van der Waals surface area (Å²) in [6, 6.07) is 10.8. The van der Waals surface area contributed by atoms with Crippen molar-refractivity contribution in [2.24, 2.45) is 4.99 Å². The number of carbonyl (C=O) groups excluding carboxylic acids is 2. The molecule has 0 unspecified atom stereocenters. The number of thiophene rings is 1. The third kappa shape index (κ3) is 4.58. The molecule has 7 nitrogen and oxygen atoms in total. The van der Waals surface area contributed by atoms with Gasteiger partial charge in [0.2, 0.25) is 0 Å². The molecule has 4 heterocycles. The van der Waals surface area contributed by atoms with E-state index in [9.17, 15) is 14.4 Å². The molecule has 0 fully saturated rings. The first kappa shape index (κ1) is 26.3. The quantitative estimate of drug-likeness (QED) is 0.290. The molecule has 0 spiro atoms. The molecule has 198 valence electrons. The lowest BCUT2D eigenvalue weighted by Crippen LogP contribution is -2.40. The highest BCUT2D eigenvalue weighted by Crippen LogP contribution is 2.36. The average molecular weight is 550 g/mol. The van der Waals surface area contributed by atoms with Crippen LogP contribution in [-0.2, 0) is 14.3 Å². The number of hydrogen-bond donors (Lipinski definition) is 0. The number of esters is 1. The summed E-state index contributed by atoms with van der Waals surface area (Å²) in [5, 5.41) is 1.92. The second-order valence-electron chi connectivity index (χ2n) is 9.40. The lowest BCUT2D eigenvalue weighted by atomic mass is 10.0. The van der Waals surface area contributed by atoms with Crippen LogP contribution in [0.1, 0.15) is 69.4 Å². The van der Waals surface area contributed by atoms with E-state index in [1.54, 1.807) is 23.3 Å². The molecule has 0 bridgehead atoms. The number of aromatic nitrogens is 1. The fraction of sp³-hybridized carbons (Fsp3) is 0.379. The number of amides is 1. The molecule has 1 atom stereocenters. The molecule has 2 aliphatic rings. The zero-order valence-corrected chi connectivity index (χ0v) is 23.5. The van der Waals surface area contributed by atoms with E-state index >= 15 is 0 Å². The molecule has 1 aromatic carbocycles. The molecule has 0 saturated carbocycles. The van der Waals surface area contributed by atoms with Gasteiger partial charge in [-0.15, -0.1) is 11.3 Å². The van der Waals surface area contributed by atoms with Crippen LogP contribution in [0, 0.1) is 0 Å². The van der Waals surface area contributed by atoms with Gasteiger partial charge < -0.3 is 9.64 Å². The highest BCUT2D eigenvalue weighted by atomic mass is 32.1. The van der Waals surface area contributed by atoms with E-state index < -0.39 is 12.0 Å². The molecule has 0 saturated heterocycles. The Labute approximate surface area is 229 Å². The number of fused-ring (bicyclic) bond motifs is 2. The van der Waals surface area contributed by atoms with Gasteiger partial charge in [-0.05, 0) is 37.8 Å². The van der Waals surface area contributed by atoms with E-state index in [2.05, 4.69) is 11.9 Å². The summed E-state index contributed by atoms with van der Waals surface area (Å²) < 4.78 is 7.26. The molecule has 3 aromatic rings. The van der Waals surface area contributed by atoms with Crippen LogP contribution in [0.4, 0.5) is 5.69 Å². The first-order valence-corrected chi connectivity index (χ1v) is 14.8. The smallest absolute Gasteiger partial charge is 0.338 e.